The lowest BCUT2D eigenvalue weighted by molar-refractivity contribution is -0.141. The number of fused-ring (bicyclic) bond motifs is 1. The second-order valence-electron chi connectivity index (χ2n) is 5.28. The van der Waals surface area contributed by atoms with Crippen LogP contribution in [0.4, 0.5) is 0 Å². The van der Waals surface area contributed by atoms with Gasteiger partial charge in [0, 0.05) is 18.7 Å². The van der Waals surface area contributed by atoms with E-state index in [1.54, 1.807) is 17.0 Å². The van der Waals surface area contributed by atoms with Gasteiger partial charge in [0.2, 0.25) is 5.75 Å². The summed E-state index contributed by atoms with van der Waals surface area (Å²) in [7, 11) is 1.50. The number of carbonyl (C=O) groups is 2. The number of carboxylic acids is 1. The molecule has 0 spiro atoms. The van der Waals surface area contributed by atoms with Gasteiger partial charge in [-0.3, -0.25) is 9.59 Å². The predicted molar refractivity (Wildman–Crippen MR) is 75.6 cm³/mol. The minimum atomic E-state index is -0.866. The first-order valence-electron chi connectivity index (χ1n) is 7.10. The summed E-state index contributed by atoms with van der Waals surface area (Å²) in [5.74, 6) is -0.176. The van der Waals surface area contributed by atoms with E-state index in [1.807, 2.05) is 0 Å². The van der Waals surface area contributed by atoms with Gasteiger partial charge in [-0.2, -0.15) is 0 Å². The molecule has 1 N–H and O–H groups in total. The predicted octanol–water partition coefficient (Wildman–Crippen LogP) is 1.01. The molecule has 1 fully saturated rings. The van der Waals surface area contributed by atoms with E-state index in [9.17, 15) is 9.59 Å². The van der Waals surface area contributed by atoms with Gasteiger partial charge in [0.25, 0.3) is 5.91 Å². The van der Waals surface area contributed by atoms with E-state index in [2.05, 4.69) is 0 Å². The molecule has 7 nitrogen and oxygen atoms in total. The number of carbonyl (C=O) groups excluding carboxylic acids is 1. The van der Waals surface area contributed by atoms with Crippen molar-refractivity contribution in [1.29, 1.82) is 0 Å². The second-order valence-corrected chi connectivity index (χ2v) is 5.28. The first-order chi connectivity index (χ1) is 10.6. The maximum Gasteiger partial charge on any atom is 0.308 e. The molecule has 0 aromatic heterocycles. The molecule has 2 aliphatic rings. The van der Waals surface area contributed by atoms with Crippen LogP contribution in [0.25, 0.3) is 0 Å². The summed E-state index contributed by atoms with van der Waals surface area (Å²) in [5.41, 5.74) is 0.409. The lowest BCUT2D eigenvalue weighted by atomic mass is 10.1. The molecule has 1 unspecified atom stereocenters. The third kappa shape index (κ3) is 2.54. The van der Waals surface area contributed by atoms with Gasteiger partial charge in [0.05, 0.1) is 13.0 Å². The van der Waals surface area contributed by atoms with Crippen molar-refractivity contribution in [2.45, 2.75) is 6.42 Å². The van der Waals surface area contributed by atoms with Crippen LogP contribution in [0.5, 0.6) is 17.2 Å². The van der Waals surface area contributed by atoms with Crippen LogP contribution in [-0.2, 0) is 4.79 Å². The Morgan fingerprint density at radius 1 is 1.32 bits per heavy atom. The molecule has 7 heteroatoms. The summed E-state index contributed by atoms with van der Waals surface area (Å²) in [5, 5.41) is 9.03. The Labute approximate surface area is 127 Å². The number of methoxy groups -OCH3 is 1. The van der Waals surface area contributed by atoms with Crippen molar-refractivity contribution in [2.24, 2.45) is 5.92 Å². The molecule has 0 bridgehead atoms. The number of carboxylic acid groups (broad SMARTS) is 1. The van der Waals surface area contributed by atoms with E-state index in [-0.39, 0.29) is 12.5 Å². The fourth-order valence-electron chi connectivity index (χ4n) is 2.73. The molecular weight excluding hydrogens is 290 g/mol. The van der Waals surface area contributed by atoms with Gasteiger partial charge in [-0.15, -0.1) is 0 Å². The van der Waals surface area contributed by atoms with Gasteiger partial charge >= 0.3 is 5.97 Å². The smallest absolute Gasteiger partial charge is 0.308 e. The standard InChI is InChI=1S/C15H17NO6/c1-20-11-6-10(7-12-13(11)22-5-4-21-12)14(17)16-3-2-9(8-16)15(18)19/h6-7,9H,2-5,8H2,1H3,(H,18,19). The Morgan fingerprint density at radius 2 is 2.09 bits per heavy atom. The first kappa shape index (κ1) is 14.5. The Morgan fingerprint density at radius 3 is 2.77 bits per heavy atom. The SMILES string of the molecule is COc1cc(C(=O)N2CCC(C(=O)O)C2)cc2c1OCCO2. The van der Waals surface area contributed by atoms with Crippen LogP contribution in [0.15, 0.2) is 12.1 Å². The number of benzene rings is 1. The van der Waals surface area contributed by atoms with E-state index in [1.165, 1.54) is 7.11 Å². The topological polar surface area (TPSA) is 85.3 Å². The average Bonchev–Trinajstić information content (AvgIpc) is 3.03. The van der Waals surface area contributed by atoms with E-state index in [0.29, 0.717) is 49.0 Å². The van der Waals surface area contributed by atoms with E-state index >= 15 is 0 Å². The lowest BCUT2D eigenvalue weighted by Crippen LogP contribution is -2.30. The van der Waals surface area contributed by atoms with Crippen molar-refractivity contribution in [3.63, 3.8) is 0 Å². The zero-order valence-corrected chi connectivity index (χ0v) is 12.2. The minimum absolute atomic E-state index is 0.223. The maximum absolute atomic E-state index is 12.6. The Bertz CT molecular complexity index is 597. The van der Waals surface area contributed by atoms with Crippen molar-refractivity contribution >= 4 is 11.9 Å². The molecule has 1 aromatic rings. The Hall–Kier alpha value is -2.44. The van der Waals surface area contributed by atoms with Gasteiger partial charge < -0.3 is 24.2 Å². The maximum atomic E-state index is 12.6. The molecule has 0 radical (unpaired) electrons. The third-order valence-electron chi connectivity index (χ3n) is 3.90. The van der Waals surface area contributed by atoms with Crippen molar-refractivity contribution in [2.75, 3.05) is 33.4 Å². The quantitative estimate of drug-likeness (QED) is 0.897. The number of aliphatic carboxylic acids is 1. The van der Waals surface area contributed by atoms with Crippen LogP contribution >= 0.6 is 0 Å². The number of amides is 1. The van der Waals surface area contributed by atoms with Gasteiger partial charge in [-0.1, -0.05) is 0 Å². The number of ether oxygens (including phenoxy) is 3. The fraction of sp³-hybridized carbons (Fsp3) is 0.467. The molecule has 1 saturated heterocycles. The molecule has 3 rings (SSSR count). The van der Waals surface area contributed by atoms with Crippen LogP contribution in [-0.4, -0.2) is 55.3 Å². The molecular formula is C15H17NO6. The second kappa shape index (κ2) is 5.75. The summed E-state index contributed by atoms with van der Waals surface area (Å²) >= 11 is 0. The Balaban J connectivity index is 1.85. The highest BCUT2D eigenvalue weighted by atomic mass is 16.6. The van der Waals surface area contributed by atoms with Gasteiger partial charge in [0.15, 0.2) is 11.5 Å². The largest absolute Gasteiger partial charge is 0.493 e. The number of nitrogens with zero attached hydrogens (tertiary/aromatic N) is 1. The summed E-state index contributed by atoms with van der Waals surface area (Å²) < 4.78 is 16.3. The molecule has 2 heterocycles. The lowest BCUT2D eigenvalue weighted by Gasteiger charge is -2.22. The summed E-state index contributed by atoms with van der Waals surface area (Å²) in [6, 6.07) is 3.22. The summed E-state index contributed by atoms with van der Waals surface area (Å²) in [6.45, 7) is 1.51. The van der Waals surface area contributed by atoms with Crippen LogP contribution in [0, 0.1) is 5.92 Å². The number of rotatable bonds is 3. The molecule has 1 atom stereocenters. The van der Waals surface area contributed by atoms with Crippen molar-refractivity contribution in [3.05, 3.63) is 17.7 Å². The van der Waals surface area contributed by atoms with E-state index in [4.69, 9.17) is 19.3 Å². The zero-order valence-electron chi connectivity index (χ0n) is 12.2. The average molecular weight is 307 g/mol. The highest BCUT2D eigenvalue weighted by Gasteiger charge is 2.32. The van der Waals surface area contributed by atoms with Crippen LogP contribution < -0.4 is 14.2 Å². The monoisotopic (exact) mass is 307 g/mol. The molecule has 2 aliphatic heterocycles. The van der Waals surface area contributed by atoms with E-state index in [0.717, 1.165) is 0 Å². The first-order valence-corrected chi connectivity index (χ1v) is 7.10. The van der Waals surface area contributed by atoms with Crippen LogP contribution in [0.1, 0.15) is 16.8 Å². The summed E-state index contributed by atoms with van der Waals surface area (Å²) in [4.78, 5) is 25.1. The third-order valence-corrected chi connectivity index (χ3v) is 3.90. The fourth-order valence-corrected chi connectivity index (χ4v) is 2.73. The molecule has 1 amide bonds. The molecule has 22 heavy (non-hydrogen) atoms. The van der Waals surface area contributed by atoms with Crippen LogP contribution in [0.2, 0.25) is 0 Å². The molecule has 118 valence electrons. The highest BCUT2D eigenvalue weighted by molar-refractivity contribution is 5.96. The Kier molecular flexibility index (Phi) is 3.79. The van der Waals surface area contributed by atoms with Gasteiger partial charge in [0.1, 0.15) is 13.2 Å². The number of hydrogen-bond acceptors (Lipinski definition) is 5. The molecule has 0 saturated carbocycles. The van der Waals surface area contributed by atoms with E-state index < -0.39 is 11.9 Å². The van der Waals surface area contributed by atoms with Crippen molar-refractivity contribution < 1.29 is 28.9 Å². The number of likely N-dealkylation sites (tertiary alicyclic amines) is 1. The summed E-state index contributed by atoms with van der Waals surface area (Å²) in [6.07, 6.45) is 0.475. The molecule has 0 aliphatic carbocycles. The highest BCUT2D eigenvalue weighted by Crippen LogP contribution is 2.40. The van der Waals surface area contributed by atoms with Crippen molar-refractivity contribution in [1.82, 2.24) is 4.90 Å². The zero-order chi connectivity index (χ0) is 15.7. The van der Waals surface area contributed by atoms with Gasteiger partial charge in [-0.05, 0) is 18.6 Å². The molecule has 1 aromatic carbocycles. The normalized spacial score (nSPS) is 19.9. The van der Waals surface area contributed by atoms with Crippen LogP contribution in [0.3, 0.4) is 0 Å². The van der Waals surface area contributed by atoms with Gasteiger partial charge in [-0.25, -0.2) is 0 Å². The number of hydrogen-bond donors (Lipinski definition) is 1. The minimum Gasteiger partial charge on any atom is -0.493 e. The van der Waals surface area contributed by atoms with Crippen molar-refractivity contribution in [3.8, 4) is 17.2 Å².